The topological polar surface area (TPSA) is 96.3 Å². The summed E-state index contributed by atoms with van der Waals surface area (Å²) in [5.74, 6) is -1.30. The van der Waals surface area contributed by atoms with E-state index in [0.717, 1.165) is 25.7 Å². The molecule has 2 amide bonds. The van der Waals surface area contributed by atoms with Gasteiger partial charge in [-0.05, 0) is 18.9 Å². The summed E-state index contributed by atoms with van der Waals surface area (Å²) in [7, 11) is 0. The lowest BCUT2D eigenvalue weighted by atomic mass is 9.95. The van der Waals surface area contributed by atoms with Crippen molar-refractivity contribution in [2.24, 2.45) is 5.92 Å². The van der Waals surface area contributed by atoms with Crippen LogP contribution in [0.2, 0.25) is 0 Å². The van der Waals surface area contributed by atoms with Gasteiger partial charge >= 0.3 is 12.0 Å². The van der Waals surface area contributed by atoms with Crippen molar-refractivity contribution in [3.05, 3.63) is 18.5 Å². The highest BCUT2D eigenvalue weighted by Crippen LogP contribution is 2.23. The number of urea groups is 1. The van der Waals surface area contributed by atoms with Crippen LogP contribution < -0.4 is 10.6 Å². The van der Waals surface area contributed by atoms with E-state index in [4.69, 9.17) is 0 Å². The number of carboxylic acid groups (broad SMARTS) is 1. The Hall–Kier alpha value is -2.05. The minimum atomic E-state index is -0.821. The molecule has 21 heavy (non-hydrogen) atoms. The summed E-state index contributed by atoms with van der Waals surface area (Å²) in [4.78, 5) is 23.2. The van der Waals surface area contributed by atoms with Crippen molar-refractivity contribution in [3.8, 4) is 0 Å². The summed E-state index contributed by atoms with van der Waals surface area (Å²) in [5, 5.41) is 18.9. The molecule has 1 aromatic heterocycles. The third kappa shape index (κ3) is 4.77. The summed E-state index contributed by atoms with van der Waals surface area (Å²) in [6, 6.07) is 1.23. The first-order valence-corrected chi connectivity index (χ1v) is 7.41. The van der Waals surface area contributed by atoms with Crippen LogP contribution in [0.4, 0.5) is 4.79 Å². The lowest BCUT2D eigenvalue weighted by molar-refractivity contribution is -0.142. The number of carbonyl (C=O) groups excluding carboxylic acids is 1. The molecule has 0 radical (unpaired) electrons. The average Bonchev–Trinajstić information content (AvgIpc) is 2.84. The average molecular weight is 294 g/mol. The Morgan fingerprint density at radius 3 is 2.81 bits per heavy atom. The fraction of sp³-hybridized carbons (Fsp3) is 0.643. The number of amides is 2. The van der Waals surface area contributed by atoms with E-state index in [9.17, 15) is 14.7 Å². The molecule has 0 aromatic carbocycles. The molecule has 7 nitrogen and oxygen atoms in total. The monoisotopic (exact) mass is 294 g/mol. The largest absolute Gasteiger partial charge is 0.481 e. The number of rotatable bonds is 5. The molecule has 1 heterocycles. The van der Waals surface area contributed by atoms with E-state index in [1.54, 1.807) is 10.9 Å². The molecule has 2 unspecified atom stereocenters. The Balaban J connectivity index is 1.77. The third-order valence-electron chi connectivity index (χ3n) is 3.84. The molecule has 1 saturated carbocycles. The lowest BCUT2D eigenvalue weighted by Crippen LogP contribution is -2.47. The minimum absolute atomic E-state index is 0.283. The molecule has 116 valence electrons. The van der Waals surface area contributed by atoms with Gasteiger partial charge in [-0.3, -0.25) is 9.48 Å². The van der Waals surface area contributed by atoms with Crippen molar-refractivity contribution in [1.82, 2.24) is 20.4 Å². The first kappa shape index (κ1) is 15.3. The quantitative estimate of drug-likeness (QED) is 0.711. The Morgan fingerprint density at radius 1 is 1.29 bits per heavy atom. The van der Waals surface area contributed by atoms with Crippen molar-refractivity contribution in [2.75, 3.05) is 6.54 Å². The van der Waals surface area contributed by atoms with Gasteiger partial charge in [0, 0.05) is 25.0 Å². The number of carboxylic acids is 1. The van der Waals surface area contributed by atoms with Gasteiger partial charge in [0.25, 0.3) is 0 Å². The molecule has 2 atom stereocenters. The van der Waals surface area contributed by atoms with Gasteiger partial charge in [0.1, 0.15) is 0 Å². The smallest absolute Gasteiger partial charge is 0.315 e. The summed E-state index contributed by atoms with van der Waals surface area (Å²) in [6.45, 7) is 1.05. The van der Waals surface area contributed by atoms with Crippen molar-refractivity contribution in [3.63, 3.8) is 0 Å². The fourth-order valence-corrected chi connectivity index (χ4v) is 2.71. The lowest BCUT2D eigenvalue weighted by Gasteiger charge is -2.23. The summed E-state index contributed by atoms with van der Waals surface area (Å²) in [5.41, 5.74) is 0. The highest BCUT2D eigenvalue weighted by atomic mass is 16.4. The molecule has 0 spiro atoms. The predicted octanol–water partition coefficient (Wildman–Crippen LogP) is 1.22. The van der Waals surface area contributed by atoms with Gasteiger partial charge in [0.2, 0.25) is 0 Å². The van der Waals surface area contributed by atoms with Gasteiger partial charge in [-0.25, -0.2) is 4.79 Å². The van der Waals surface area contributed by atoms with Gasteiger partial charge in [0.15, 0.2) is 0 Å². The highest BCUT2D eigenvalue weighted by molar-refractivity contribution is 5.76. The van der Waals surface area contributed by atoms with Crippen LogP contribution >= 0.6 is 0 Å². The van der Waals surface area contributed by atoms with E-state index in [1.165, 1.54) is 0 Å². The molecule has 1 aromatic rings. The molecule has 1 aliphatic rings. The van der Waals surface area contributed by atoms with E-state index in [1.807, 2.05) is 12.3 Å². The molecule has 1 fully saturated rings. The second kappa shape index (κ2) is 7.66. The molecule has 0 saturated heterocycles. The van der Waals surface area contributed by atoms with Crippen molar-refractivity contribution < 1.29 is 14.7 Å². The van der Waals surface area contributed by atoms with Crippen LogP contribution in [0.25, 0.3) is 0 Å². The van der Waals surface area contributed by atoms with Crippen molar-refractivity contribution >= 4 is 12.0 Å². The van der Waals surface area contributed by atoms with Gasteiger partial charge in [-0.2, -0.15) is 5.10 Å². The molecule has 7 heteroatoms. The number of aliphatic carboxylic acids is 1. The van der Waals surface area contributed by atoms with Crippen LogP contribution in [0.1, 0.15) is 32.1 Å². The Labute approximate surface area is 123 Å². The molecule has 0 aliphatic heterocycles. The molecular formula is C14H22N4O3. The van der Waals surface area contributed by atoms with E-state index >= 15 is 0 Å². The van der Waals surface area contributed by atoms with E-state index in [-0.39, 0.29) is 12.1 Å². The maximum Gasteiger partial charge on any atom is 0.315 e. The first-order chi connectivity index (χ1) is 10.2. The van der Waals surface area contributed by atoms with Gasteiger partial charge in [0.05, 0.1) is 12.5 Å². The second-order valence-corrected chi connectivity index (χ2v) is 5.36. The minimum Gasteiger partial charge on any atom is -0.481 e. The van der Waals surface area contributed by atoms with Crippen LogP contribution in [-0.2, 0) is 11.3 Å². The van der Waals surface area contributed by atoms with Crippen LogP contribution in [0.15, 0.2) is 18.5 Å². The van der Waals surface area contributed by atoms with Crippen molar-refractivity contribution in [1.29, 1.82) is 0 Å². The number of hydrogen-bond donors (Lipinski definition) is 3. The number of hydrogen-bond acceptors (Lipinski definition) is 3. The molecule has 3 N–H and O–H groups in total. The van der Waals surface area contributed by atoms with Crippen LogP contribution in [0.3, 0.4) is 0 Å². The van der Waals surface area contributed by atoms with E-state index in [2.05, 4.69) is 15.7 Å². The van der Waals surface area contributed by atoms with Gasteiger partial charge < -0.3 is 15.7 Å². The first-order valence-electron chi connectivity index (χ1n) is 7.41. The highest BCUT2D eigenvalue weighted by Gasteiger charge is 2.30. The fourth-order valence-electron chi connectivity index (χ4n) is 2.71. The van der Waals surface area contributed by atoms with Crippen LogP contribution in [-0.4, -0.2) is 39.5 Å². The molecule has 2 rings (SSSR count). The maximum atomic E-state index is 11.9. The zero-order chi connectivity index (χ0) is 15.1. The number of nitrogens with zero attached hydrogens (tertiary/aromatic N) is 2. The predicted molar refractivity (Wildman–Crippen MR) is 76.8 cm³/mol. The second-order valence-electron chi connectivity index (χ2n) is 5.36. The van der Waals surface area contributed by atoms with Gasteiger partial charge in [-0.1, -0.05) is 19.3 Å². The van der Waals surface area contributed by atoms with Crippen LogP contribution in [0.5, 0.6) is 0 Å². The number of aromatic nitrogens is 2. The zero-order valence-corrected chi connectivity index (χ0v) is 12.0. The zero-order valence-electron chi connectivity index (χ0n) is 12.0. The Morgan fingerprint density at radius 2 is 2.10 bits per heavy atom. The molecule has 1 aliphatic carbocycles. The summed E-state index contributed by atoms with van der Waals surface area (Å²) >= 11 is 0. The standard InChI is InChI=1S/C14H22N4O3/c19-13(20)11-5-2-1-3-6-12(11)17-14(21)15-8-10-18-9-4-7-16-18/h4,7,9,11-12H,1-3,5-6,8,10H2,(H,19,20)(H2,15,17,21). The summed E-state index contributed by atoms with van der Waals surface area (Å²) < 4.78 is 1.73. The molecular weight excluding hydrogens is 272 g/mol. The Kier molecular flexibility index (Phi) is 5.59. The number of nitrogens with one attached hydrogen (secondary N) is 2. The van der Waals surface area contributed by atoms with E-state index < -0.39 is 11.9 Å². The Bertz CT molecular complexity index is 461. The van der Waals surface area contributed by atoms with E-state index in [0.29, 0.717) is 19.5 Å². The van der Waals surface area contributed by atoms with Gasteiger partial charge in [-0.15, -0.1) is 0 Å². The molecule has 0 bridgehead atoms. The van der Waals surface area contributed by atoms with Crippen molar-refractivity contribution in [2.45, 2.75) is 44.7 Å². The number of carbonyl (C=O) groups is 2. The third-order valence-corrected chi connectivity index (χ3v) is 3.84. The maximum absolute atomic E-state index is 11.9. The normalized spacial score (nSPS) is 22.3. The van der Waals surface area contributed by atoms with Crippen LogP contribution in [0, 0.1) is 5.92 Å². The SMILES string of the molecule is O=C(NCCn1cccn1)NC1CCCCCC1C(=O)O. The summed E-state index contributed by atoms with van der Waals surface area (Å²) in [6.07, 6.45) is 7.77.